The summed E-state index contributed by atoms with van der Waals surface area (Å²) in [6.45, 7) is 2.21. The summed E-state index contributed by atoms with van der Waals surface area (Å²) >= 11 is 4.90. The fraction of sp³-hybridized carbons (Fsp3) is 0.625. The minimum atomic E-state index is 0.733. The highest BCUT2D eigenvalue weighted by molar-refractivity contribution is 7.71. The normalized spacial score (nSPS) is 10.3. The molecule has 1 heterocycles. The summed E-state index contributed by atoms with van der Waals surface area (Å²) in [5, 5.41) is 0. The second-order valence-electron chi connectivity index (χ2n) is 2.73. The van der Waals surface area contributed by atoms with E-state index in [1.807, 2.05) is 6.20 Å². The maximum atomic E-state index is 4.90. The van der Waals surface area contributed by atoms with Crippen molar-refractivity contribution in [2.45, 2.75) is 32.6 Å². The Morgan fingerprint density at radius 2 is 2.27 bits per heavy atom. The first-order valence-corrected chi connectivity index (χ1v) is 4.50. The van der Waals surface area contributed by atoms with Crippen LogP contribution < -0.4 is 0 Å². The van der Waals surface area contributed by atoms with Crippen LogP contribution >= 0.6 is 12.2 Å². The highest BCUT2D eigenvalue weighted by Crippen LogP contribution is 2.02. The fourth-order valence-electron chi connectivity index (χ4n) is 1.07. The van der Waals surface area contributed by atoms with E-state index < -0.39 is 0 Å². The van der Waals surface area contributed by atoms with E-state index in [1.54, 1.807) is 0 Å². The Morgan fingerprint density at radius 3 is 2.82 bits per heavy atom. The van der Waals surface area contributed by atoms with Crippen LogP contribution in [0.1, 0.15) is 31.9 Å². The lowest BCUT2D eigenvalue weighted by Crippen LogP contribution is -1.84. The standard InChI is InChI=1S/C8H14N2S/c1-2-3-4-5-7-6-9-8(11)10-7/h6H,2-5H2,1H3,(H2,9,10,11). The van der Waals surface area contributed by atoms with Gasteiger partial charge in [-0.15, -0.1) is 0 Å². The number of rotatable bonds is 4. The molecule has 0 amide bonds. The van der Waals surface area contributed by atoms with Crippen molar-refractivity contribution in [1.82, 2.24) is 9.97 Å². The molecule has 0 aliphatic carbocycles. The number of hydrogen-bond acceptors (Lipinski definition) is 1. The zero-order valence-corrected chi connectivity index (χ0v) is 7.63. The Hall–Kier alpha value is -0.570. The Morgan fingerprint density at radius 1 is 1.45 bits per heavy atom. The Balaban J connectivity index is 2.33. The van der Waals surface area contributed by atoms with Crippen LogP contribution in [0.4, 0.5) is 0 Å². The van der Waals surface area contributed by atoms with Crippen LogP contribution in [0.15, 0.2) is 6.20 Å². The minimum Gasteiger partial charge on any atom is -0.337 e. The Kier molecular flexibility index (Phi) is 3.36. The molecule has 62 valence electrons. The highest BCUT2D eigenvalue weighted by Gasteiger charge is 1.92. The third kappa shape index (κ3) is 2.89. The molecule has 1 rings (SSSR count). The zero-order valence-electron chi connectivity index (χ0n) is 6.81. The maximum absolute atomic E-state index is 4.90. The summed E-state index contributed by atoms with van der Waals surface area (Å²) in [6, 6.07) is 0. The van der Waals surface area contributed by atoms with Gasteiger partial charge in [0.25, 0.3) is 0 Å². The van der Waals surface area contributed by atoms with Gasteiger partial charge in [0.2, 0.25) is 0 Å². The molecule has 0 atom stereocenters. The topological polar surface area (TPSA) is 31.6 Å². The summed E-state index contributed by atoms with van der Waals surface area (Å²) in [5.41, 5.74) is 1.23. The summed E-state index contributed by atoms with van der Waals surface area (Å²) in [4.78, 5) is 6.05. The number of aryl methyl sites for hydroxylation is 1. The molecular formula is C8H14N2S. The van der Waals surface area contributed by atoms with Crippen LogP contribution in [0.25, 0.3) is 0 Å². The molecule has 1 aromatic rings. The van der Waals surface area contributed by atoms with Gasteiger partial charge < -0.3 is 9.97 Å². The van der Waals surface area contributed by atoms with Crippen molar-refractivity contribution in [3.63, 3.8) is 0 Å². The lowest BCUT2D eigenvalue weighted by Gasteiger charge is -1.93. The van der Waals surface area contributed by atoms with Gasteiger partial charge in [-0.2, -0.15) is 0 Å². The van der Waals surface area contributed by atoms with Crippen molar-refractivity contribution in [2.75, 3.05) is 0 Å². The number of H-pyrrole nitrogens is 2. The van der Waals surface area contributed by atoms with E-state index in [-0.39, 0.29) is 0 Å². The summed E-state index contributed by atoms with van der Waals surface area (Å²) in [7, 11) is 0. The monoisotopic (exact) mass is 170 g/mol. The molecule has 0 saturated heterocycles. The van der Waals surface area contributed by atoms with Gasteiger partial charge in [0.15, 0.2) is 4.77 Å². The molecule has 2 N–H and O–H groups in total. The zero-order chi connectivity index (χ0) is 8.10. The molecule has 11 heavy (non-hydrogen) atoms. The molecule has 0 bridgehead atoms. The van der Waals surface area contributed by atoms with E-state index in [0.29, 0.717) is 0 Å². The van der Waals surface area contributed by atoms with Crippen molar-refractivity contribution in [3.8, 4) is 0 Å². The number of unbranched alkanes of at least 4 members (excludes halogenated alkanes) is 2. The van der Waals surface area contributed by atoms with Crippen molar-refractivity contribution in [2.24, 2.45) is 0 Å². The molecule has 1 aromatic heterocycles. The average molecular weight is 170 g/mol. The van der Waals surface area contributed by atoms with Crippen molar-refractivity contribution in [1.29, 1.82) is 0 Å². The number of aromatic nitrogens is 2. The summed E-state index contributed by atoms with van der Waals surface area (Å²) < 4.78 is 0.733. The molecule has 3 heteroatoms. The summed E-state index contributed by atoms with van der Waals surface area (Å²) in [6.07, 6.45) is 6.88. The lowest BCUT2D eigenvalue weighted by molar-refractivity contribution is 0.709. The first-order valence-electron chi connectivity index (χ1n) is 4.09. The quantitative estimate of drug-likeness (QED) is 0.528. The largest absolute Gasteiger partial charge is 0.337 e. The maximum Gasteiger partial charge on any atom is 0.174 e. The SMILES string of the molecule is CCCCCc1c[nH]c(=S)[nH]1. The third-order valence-electron chi connectivity index (χ3n) is 1.70. The van der Waals surface area contributed by atoms with Crippen LogP contribution in [-0.2, 0) is 6.42 Å². The van der Waals surface area contributed by atoms with Gasteiger partial charge in [-0.25, -0.2) is 0 Å². The number of imidazole rings is 1. The van der Waals surface area contributed by atoms with Crippen LogP contribution in [0.3, 0.4) is 0 Å². The molecule has 0 aliphatic rings. The molecule has 0 aliphatic heterocycles. The van der Waals surface area contributed by atoms with E-state index in [1.165, 1.54) is 25.0 Å². The number of nitrogens with one attached hydrogen (secondary N) is 2. The smallest absolute Gasteiger partial charge is 0.174 e. The minimum absolute atomic E-state index is 0.733. The second-order valence-corrected chi connectivity index (χ2v) is 3.13. The molecule has 0 fully saturated rings. The van der Waals surface area contributed by atoms with Crippen molar-refractivity contribution >= 4 is 12.2 Å². The van der Waals surface area contributed by atoms with Gasteiger partial charge in [-0.1, -0.05) is 19.8 Å². The molecule has 0 radical (unpaired) electrons. The second kappa shape index (κ2) is 4.34. The van der Waals surface area contributed by atoms with E-state index in [0.717, 1.165) is 11.2 Å². The molecule has 2 nitrogen and oxygen atoms in total. The highest BCUT2D eigenvalue weighted by atomic mass is 32.1. The van der Waals surface area contributed by atoms with Gasteiger partial charge in [0.1, 0.15) is 0 Å². The van der Waals surface area contributed by atoms with Gasteiger partial charge in [0, 0.05) is 11.9 Å². The molecule has 0 aromatic carbocycles. The molecule has 0 unspecified atom stereocenters. The molecule has 0 spiro atoms. The van der Waals surface area contributed by atoms with Crippen molar-refractivity contribution < 1.29 is 0 Å². The van der Waals surface area contributed by atoms with Gasteiger partial charge in [-0.05, 0) is 25.1 Å². The van der Waals surface area contributed by atoms with E-state index in [2.05, 4.69) is 16.9 Å². The predicted octanol–water partition coefficient (Wildman–Crippen LogP) is 2.80. The van der Waals surface area contributed by atoms with Gasteiger partial charge >= 0.3 is 0 Å². The average Bonchev–Trinajstić information content (AvgIpc) is 2.37. The molecule has 0 saturated carbocycles. The Bertz CT molecular complexity index is 249. The first kappa shape index (κ1) is 8.53. The third-order valence-corrected chi connectivity index (χ3v) is 1.92. The fourth-order valence-corrected chi connectivity index (χ4v) is 1.26. The van der Waals surface area contributed by atoms with Gasteiger partial charge in [-0.3, -0.25) is 0 Å². The van der Waals surface area contributed by atoms with Gasteiger partial charge in [0.05, 0.1) is 0 Å². The van der Waals surface area contributed by atoms with E-state index >= 15 is 0 Å². The molecular weight excluding hydrogens is 156 g/mol. The van der Waals surface area contributed by atoms with E-state index in [9.17, 15) is 0 Å². The number of aromatic amines is 2. The van der Waals surface area contributed by atoms with Crippen LogP contribution in [0.2, 0.25) is 0 Å². The summed E-state index contributed by atoms with van der Waals surface area (Å²) in [5.74, 6) is 0. The Labute approximate surface area is 72.0 Å². The number of hydrogen-bond donors (Lipinski definition) is 2. The van der Waals surface area contributed by atoms with Crippen LogP contribution in [-0.4, -0.2) is 9.97 Å². The van der Waals surface area contributed by atoms with Crippen molar-refractivity contribution in [3.05, 3.63) is 16.7 Å². The van der Waals surface area contributed by atoms with E-state index in [4.69, 9.17) is 12.2 Å². The van der Waals surface area contributed by atoms with Crippen LogP contribution in [0, 0.1) is 4.77 Å². The van der Waals surface area contributed by atoms with Crippen LogP contribution in [0.5, 0.6) is 0 Å². The predicted molar refractivity (Wildman–Crippen MR) is 49.2 cm³/mol. The lowest BCUT2D eigenvalue weighted by atomic mass is 10.2. The first-order chi connectivity index (χ1) is 5.33.